The fraction of sp³-hybridized carbons (Fsp3) is 0.333. The van der Waals surface area contributed by atoms with Crippen molar-refractivity contribution in [3.05, 3.63) is 93.5 Å². The van der Waals surface area contributed by atoms with Crippen LogP contribution in [0.15, 0.2) is 71.2 Å². The average Bonchev–Trinajstić information content (AvgIpc) is 3.19. The highest BCUT2D eigenvalue weighted by Gasteiger charge is 2.41. The van der Waals surface area contributed by atoms with Gasteiger partial charge < -0.3 is 9.88 Å². The Bertz CT molecular complexity index is 1380. The van der Waals surface area contributed by atoms with Gasteiger partial charge in [0.25, 0.3) is 0 Å². The molecule has 0 fully saturated rings. The summed E-state index contributed by atoms with van der Waals surface area (Å²) in [6.45, 7) is 5.04. The maximum absolute atomic E-state index is 13.3. The van der Waals surface area contributed by atoms with Crippen molar-refractivity contribution in [2.24, 2.45) is 0 Å². The summed E-state index contributed by atoms with van der Waals surface area (Å²) >= 11 is 0. The lowest BCUT2D eigenvalue weighted by atomic mass is 9.71. The Morgan fingerprint density at radius 2 is 1.53 bits per heavy atom. The minimum Gasteiger partial charge on any atom is -0.362 e. The normalized spacial score (nSPS) is 18.9. The smallest absolute Gasteiger partial charge is 0.161 e. The molecule has 0 spiro atoms. The molecule has 3 aliphatic rings. The van der Waals surface area contributed by atoms with Crippen LogP contribution >= 0.6 is 0 Å². The number of benzene rings is 2. The Labute approximate surface area is 200 Å². The number of rotatable bonds is 3. The highest BCUT2D eigenvalue weighted by Crippen LogP contribution is 2.47. The number of para-hydroxylation sites is 1. The van der Waals surface area contributed by atoms with Gasteiger partial charge in [-0.3, -0.25) is 9.59 Å². The second-order valence-electron chi connectivity index (χ2n) is 10.0. The molecule has 2 aliphatic carbocycles. The van der Waals surface area contributed by atoms with E-state index in [0.29, 0.717) is 12.8 Å². The maximum Gasteiger partial charge on any atom is 0.161 e. The Kier molecular flexibility index (Phi) is 5.05. The molecule has 0 amide bonds. The van der Waals surface area contributed by atoms with Crippen molar-refractivity contribution in [1.29, 1.82) is 0 Å². The number of Topliss-reactive ketones (excluding diaryl/α,β-unsaturated/α-hetero) is 2. The molecule has 6 rings (SSSR count). The van der Waals surface area contributed by atoms with Gasteiger partial charge >= 0.3 is 0 Å². The zero-order valence-electron chi connectivity index (χ0n) is 19.9. The number of nitrogens with one attached hydrogen (secondary N) is 1. The van der Waals surface area contributed by atoms with Crippen LogP contribution in [-0.4, -0.2) is 16.1 Å². The van der Waals surface area contributed by atoms with E-state index in [1.54, 1.807) is 0 Å². The summed E-state index contributed by atoms with van der Waals surface area (Å²) in [7, 11) is 0. The van der Waals surface area contributed by atoms with Crippen LogP contribution in [0.1, 0.15) is 66.7 Å². The van der Waals surface area contributed by atoms with Gasteiger partial charge in [-0.15, -0.1) is 0 Å². The zero-order chi connectivity index (χ0) is 23.4. The van der Waals surface area contributed by atoms with Crippen molar-refractivity contribution >= 4 is 22.5 Å². The molecule has 0 atom stereocenters. The predicted octanol–water partition coefficient (Wildman–Crippen LogP) is 6.01. The van der Waals surface area contributed by atoms with E-state index in [2.05, 4.69) is 72.4 Å². The highest BCUT2D eigenvalue weighted by atomic mass is 16.1. The SMILES string of the molecule is Cc1ccc(Cn2cc(C3C4=C(CCCC4=O)NC4=C3C(=O)CCC4)c3ccccc32)cc1C. The molecular weight excluding hydrogens is 420 g/mol. The summed E-state index contributed by atoms with van der Waals surface area (Å²) in [5, 5.41) is 4.67. The highest BCUT2D eigenvalue weighted by molar-refractivity contribution is 6.07. The van der Waals surface area contributed by atoms with Crippen LogP contribution in [0.2, 0.25) is 0 Å². The molecule has 0 saturated carbocycles. The molecule has 0 bridgehead atoms. The lowest BCUT2D eigenvalue weighted by Crippen LogP contribution is -2.36. The van der Waals surface area contributed by atoms with Crippen LogP contribution in [0.25, 0.3) is 10.9 Å². The third-order valence-corrected chi connectivity index (χ3v) is 7.85. The quantitative estimate of drug-likeness (QED) is 0.532. The fourth-order valence-electron chi connectivity index (χ4n) is 6.03. The molecule has 1 aromatic heterocycles. The zero-order valence-corrected chi connectivity index (χ0v) is 19.9. The number of hydrogen-bond acceptors (Lipinski definition) is 3. The molecule has 2 heterocycles. The first kappa shape index (κ1) is 21.2. The minimum atomic E-state index is -0.266. The summed E-state index contributed by atoms with van der Waals surface area (Å²) in [6, 6.07) is 15.0. The van der Waals surface area contributed by atoms with Gasteiger partial charge in [0.2, 0.25) is 0 Å². The van der Waals surface area contributed by atoms with E-state index in [9.17, 15) is 9.59 Å². The molecule has 1 N–H and O–H groups in total. The van der Waals surface area contributed by atoms with Crippen LogP contribution in [0.5, 0.6) is 0 Å². The standard InChI is InChI=1S/C30H30N2O2/c1-18-13-14-20(15-19(18)2)16-32-17-22(21-7-3-4-10-25(21)32)28-29-23(8-5-11-26(29)33)31-24-9-6-12-27(34)30(24)28/h3-4,7,10,13-15,17,28,31H,5-6,8-9,11-12,16H2,1-2H3. The Morgan fingerprint density at radius 1 is 0.853 bits per heavy atom. The van der Waals surface area contributed by atoms with Crippen molar-refractivity contribution < 1.29 is 9.59 Å². The van der Waals surface area contributed by atoms with E-state index in [-0.39, 0.29) is 17.5 Å². The van der Waals surface area contributed by atoms with Crippen molar-refractivity contribution in [3.8, 4) is 0 Å². The summed E-state index contributed by atoms with van der Waals surface area (Å²) in [6.07, 6.45) is 6.84. The van der Waals surface area contributed by atoms with Gasteiger partial charge in [0.05, 0.1) is 0 Å². The number of dihydropyridines is 1. The third-order valence-electron chi connectivity index (χ3n) is 7.85. The summed E-state index contributed by atoms with van der Waals surface area (Å²) in [5.74, 6) is 0.113. The van der Waals surface area contributed by atoms with Crippen LogP contribution in [-0.2, 0) is 16.1 Å². The number of aryl methyl sites for hydroxylation is 2. The van der Waals surface area contributed by atoms with Gasteiger partial charge in [-0.25, -0.2) is 0 Å². The summed E-state index contributed by atoms with van der Waals surface area (Å²) in [5.41, 5.74) is 9.81. The first-order chi connectivity index (χ1) is 16.5. The Balaban J connectivity index is 1.54. The van der Waals surface area contributed by atoms with E-state index in [1.165, 1.54) is 16.7 Å². The monoisotopic (exact) mass is 450 g/mol. The molecule has 4 nitrogen and oxygen atoms in total. The molecule has 0 unspecified atom stereocenters. The number of fused-ring (bicyclic) bond motifs is 1. The van der Waals surface area contributed by atoms with E-state index in [0.717, 1.165) is 71.2 Å². The van der Waals surface area contributed by atoms with Gasteiger partial charge in [-0.1, -0.05) is 36.4 Å². The largest absolute Gasteiger partial charge is 0.362 e. The average molecular weight is 451 g/mol. The van der Waals surface area contributed by atoms with Crippen molar-refractivity contribution in [2.75, 3.05) is 0 Å². The molecular formula is C30H30N2O2. The fourth-order valence-corrected chi connectivity index (χ4v) is 6.03. The predicted molar refractivity (Wildman–Crippen MR) is 135 cm³/mol. The van der Waals surface area contributed by atoms with Crippen molar-refractivity contribution in [2.45, 2.75) is 64.8 Å². The van der Waals surface area contributed by atoms with Gasteiger partial charge in [-0.2, -0.15) is 0 Å². The van der Waals surface area contributed by atoms with Gasteiger partial charge in [0, 0.05) is 64.9 Å². The number of nitrogens with zero attached hydrogens (tertiary/aromatic N) is 1. The van der Waals surface area contributed by atoms with E-state index in [1.807, 2.05) is 0 Å². The van der Waals surface area contributed by atoms with Crippen LogP contribution < -0.4 is 5.32 Å². The van der Waals surface area contributed by atoms with E-state index in [4.69, 9.17) is 0 Å². The van der Waals surface area contributed by atoms with Crippen LogP contribution in [0.3, 0.4) is 0 Å². The molecule has 2 aromatic carbocycles. The molecule has 34 heavy (non-hydrogen) atoms. The molecule has 0 saturated heterocycles. The summed E-state index contributed by atoms with van der Waals surface area (Å²) in [4.78, 5) is 26.5. The lowest BCUT2D eigenvalue weighted by Gasteiger charge is -2.37. The Hall–Kier alpha value is -3.40. The second kappa shape index (κ2) is 8.12. The molecule has 4 heteroatoms. The number of allylic oxidation sites excluding steroid dienone is 4. The number of carbonyl (C=O) groups excluding carboxylic acids is 2. The first-order valence-corrected chi connectivity index (χ1v) is 12.4. The number of aromatic nitrogens is 1. The number of ketones is 2. The second-order valence-corrected chi connectivity index (χ2v) is 10.0. The van der Waals surface area contributed by atoms with Crippen LogP contribution in [0.4, 0.5) is 0 Å². The first-order valence-electron chi connectivity index (χ1n) is 12.4. The Morgan fingerprint density at radius 3 is 2.21 bits per heavy atom. The van der Waals surface area contributed by atoms with Crippen LogP contribution in [0, 0.1) is 13.8 Å². The molecule has 172 valence electrons. The minimum absolute atomic E-state index is 0.190. The topological polar surface area (TPSA) is 51.1 Å². The van der Waals surface area contributed by atoms with Gasteiger partial charge in [0.1, 0.15) is 0 Å². The molecule has 0 radical (unpaired) electrons. The number of carbonyl (C=O) groups is 2. The third kappa shape index (κ3) is 3.35. The van der Waals surface area contributed by atoms with E-state index < -0.39 is 0 Å². The molecule has 1 aliphatic heterocycles. The van der Waals surface area contributed by atoms with Gasteiger partial charge in [0.15, 0.2) is 11.6 Å². The number of hydrogen-bond donors (Lipinski definition) is 1. The van der Waals surface area contributed by atoms with E-state index >= 15 is 0 Å². The summed E-state index contributed by atoms with van der Waals surface area (Å²) < 4.78 is 2.29. The van der Waals surface area contributed by atoms with Crippen molar-refractivity contribution in [3.63, 3.8) is 0 Å². The molecule has 3 aromatic rings. The maximum atomic E-state index is 13.3. The van der Waals surface area contributed by atoms with Gasteiger partial charge in [-0.05, 0) is 67.9 Å². The van der Waals surface area contributed by atoms with Crippen molar-refractivity contribution in [1.82, 2.24) is 9.88 Å². The lowest BCUT2D eigenvalue weighted by molar-refractivity contribution is -0.116.